The maximum Gasteiger partial charge on any atom is -0.0184 e. The zero-order chi connectivity index (χ0) is 19.3. The molecule has 0 fully saturated rings. The monoisotopic (exact) mass is 360 g/mol. The van der Waals surface area contributed by atoms with Gasteiger partial charge in [-0.15, -0.1) is 0 Å². The van der Waals surface area contributed by atoms with E-state index in [2.05, 4.69) is 97.1 Å². The quantitative estimate of drug-likeness (QED) is 0.327. The summed E-state index contributed by atoms with van der Waals surface area (Å²) in [5.74, 6) is 0. The Labute approximate surface area is 168 Å². The molecule has 0 spiro atoms. The molecule has 0 amide bonds. The van der Waals surface area contributed by atoms with Gasteiger partial charge < -0.3 is 0 Å². The van der Waals surface area contributed by atoms with Gasteiger partial charge in [-0.2, -0.15) is 0 Å². The van der Waals surface area contributed by atoms with Crippen LogP contribution in [0.25, 0.3) is 24.3 Å². The molecule has 0 radical (unpaired) electrons. The average Bonchev–Trinajstić information content (AvgIpc) is 2.80. The largest absolute Gasteiger partial charge is 0.0623 e. The lowest BCUT2D eigenvalue weighted by molar-refractivity contribution is 1.61. The Hall–Kier alpha value is -3.64. The molecule has 0 N–H and O–H groups in total. The minimum Gasteiger partial charge on any atom is -0.0623 e. The van der Waals surface area contributed by atoms with E-state index in [0.717, 1.165) is 0 Å². The predicted molar refractivity (Wildman–Crippen MR) is 124 cm³/mol. The molecule has 136 valence electrons. The molecule has 0 bridgehead atoms. The standard InChI is InChI=1S/C22H18.C6H6/c1-3-9-19(10-4-1)15-17-21-13-7-8-14-22(21)18-16-20-11-5-2-6-12-20;1-2-4-6-5-3-1/h1-18H;1-6H. The molecule has 0 aromatic heterocycles. The van der Waals surface area contributed by atoms with Gasteiger partial charge in [0.05, 0.1) is 0 Å². The van der Waals surface area contributed by atoms with E-state index in [9.17, 15) is 0 Å². The average molecular weight is 360 g/mol. The minimum absolute atomic E-state index is 1.21. The lowest BCUT2D eigenvalue weighted by Gasteiger charge is -2.01. The van der Waals surface area contributed by atoms with E-state index >= 15 is 0 Å². The summed E-state index contributed by atoms with van der Waals surface area (Å²) in [4.78, 5) is 0. The molecular weight excluding hydrogens is 336 g/mol. The van der Waals surface area contributed by atoms with Gasteiger partial charge in [-0.05, 0) is 22.3 Å². The molecule has 0 heteroatoms. The number of hydrogen-bond donors (Lipinski definition) is 0. The second kappa shape index (κ2) is 11.2. The van der Waals surface area contributed by atoms with Crippen molar-refractivity contribution in [1.29, 1.82) is 0 Å². The molecule has 0 saturated carbocycles. The third-order valence-corrected chi connectivity index (χ3v) is 4.17. The van der Waals surface area contributed by atoms with Crippen molar-refractivity contribution in [3.05, 3.63) is 144 Å². The molecule has 0 unspecified atom stereocenters. The number of hydrogen-bond acceptors (Lipinski definition) is 0. The Bertz CT molecular complexity index is 886. The molecule has 0 heterocycles. The van der Waals surface area contributed by atoms with Crippen LogP contribution in [0.4, 0.5) is 0 Å². The van der Waals surface area contributed by atoms with E-state index in [0.29, 0.717) is 0 Å². The van der Waals surface area contributed by atoms with E-state index in [1.54, 1.807) is 0 Å². The molecule has 28 heavy (non-hydrogen) atoms. The topological polar surface area (TPSA) is 0 Å². The van der Waals surface area contributed by atoms with Gasteiger partial charge in [0.1, 0.15) is 0 Å². The van der Waals surface area contributed by atoms with Gasteiger partial charge in [0.25, 0.3) is 0 Å². The van der Waals surface area contributed by atoms with Crippen molar-refractivity contribution in [3.8, 4) is 0 Å². The fourth-order valence-electron chi connectivity index (χ4n) is 2.70. The summed E-state index contributed by atoms with van der Waals surface area (Å²) in [6.45, 7) is 0. The molecule has 4 aromatic rings. The van der Waals surface area contributed by atoms with Crippen LogP contribution in [0.2, 0.25) is 0 Å². The van der Waals surface area contributed by atoms with Gasteiger partial charge >= 0.3 is 0 Å². The van der Waals surface area contributed by atoms with Gasteiger partial charge in [-0.25, -0.2) is 0 Å². The van der Waals surface area contributed by atoms with Crippen molar-refractivity contribution in [2.75, 3.05) is 0 Å². The van der Waals surface area contributed by atoms with Crippen molar-refractivity contribution in [2.45, 2.75) is 0 Å². The second-order valence-electron chi connectivity index (χ2n) is 6.27. The number of benzene rings is 4. The highest BCUT2D eigenvalue weighted by atomic mass is 14.0. The second-order valence-corrected chi connectivity index (χ2v) is 6.27. The van der Waals surface area contributed by atoms with Gasteiger partial charge in [-0.3, -0.25) is 0 Å². The normalized spacial score (nSPS) is 10.6. The summed E-state index contributed by atoms with van der Waals surface area (Å²) in [6, 6.07) is 41.2. The van der Waals surface area contributed by atoms with Crippen molar-refractivity contribution < 1.29 is 0 Å². The van der Waals surface area contributed by atoms with E-state index in [-0.39, 0.29) is 0 Å². The van der Waals surface area contributed by atoms with Gasteiger partial charge in [0, 0.05) is 0 Å². The highest BCUT2D eigenvalue weighted by Crippen LogP contribution is 2.16. The van der Waals surface area contributed by atoms with Crippen LogP contribution in [0, 0.1) is 0 Å². The van der Waals surface area contributed by atoms with Gasteiger partial charge in [0.15, 0.2) is 0 Å². The Morgan fingerprint density at radius 3 is 0.929 bits per heavy atom. The fourth-order valence-corrected chi connectivity index (χ4v) is 2.70. The first-order valence-corrected chi connectivity index (χ1v) is 9.47. The molecule has 0 nitrogen and oxygen atoms in total. The van der Waals surface area contributed by atoms with Crippen LogP contribution < -0.4 is 0 Å². The molecule has 0 saturated heterocycles. The van der Waals surface area contributed by atoms with E-state index in [1.807, 2.05) is 48.5 Å². The highest BCUT2D eigenvalue weighted by molar-refractivity contribution is 5.79. The minimum atomic E-state index is 1.21. The first kappa shape index (κ1) is 19.1. The molecule has 4 rings (SSSR count). The third-order valence-electron chi connectivity index (χ3n) is 4.17. The van der Waals surface area contributed by atoms with Crippen LogP contribution >= 0.6 is 0 Å². The summed E-state index contributed by atoms with van der Waals surface area (Å²) in [5, 5.41) is 0. The van der Waals surface area contributed by atoms with E-state index < -0.39 is 0 Å². The van der Waals surface area contributed by atoms with Crippen LogP contribution in [0.3, 0.4) is 0 Å². The molecule has 0 aliphatic heterocycles. The maximum atomic E-state index is 2.17. The lowest BCUT2D eigenvalue weighted by atomic mass is 10.0. The van der Waals surface area contributed by atoms with Crippen LogP contribution in [-0.4, -0.2) is 0 Å². The summed E-state index contributed by atoms with van der Waals surface area (Å²) in [7, 11) is 0. The first-order chi connectivity index (χ1) is 13.9. The summed E-state index contributed by atoms with van der Waals surface area (Å²) in [6.07, 6.45) is 8.63. The lowest BCUT2D eigenvalue weighted by Crippen LogP contribution is -1.80. The summed E-state index contributed by atoms with van der Waals surface area (Å²) >= 11 is 0. The van der Waals surface area contributed by atoms with Gasteiger partial charge in [0.2, 0.25) is 0 Å². The van der Waals surface area contributed by atoms with Crippen molar-refractivity contribution in [3.63, 3.8) is 0 Å². The molecule has 4 aromatic carbocycles. The van der Waals surface area contributed by atoms with Gasteiger partial charge in [-0.1, -0.05) is 146 Å². The molecule has 0 aliphatic rings. The Balaban J connectivity index is 0.000000320. The fraction of sp³-hybridized carbons (Fsp3) is 0. The Morgan fingerprint density at radius 2 is 0.571 bits per heavy atom. The SMILES string of the molecule is C(=Cc1ccccc1C=Cc1ccccc1)c1ccccc1.c1ccccc1. The van der Waals surface area contributed by atoms with E-state index in [4.69, 9.17) is 0 Å². The Kier molecular flexibility index (Phi) is 7.62. The zero-order valence-corrected chi connectivity index (χ0v) is 15.9. The van der Waals surface area contributed by atoms with Crippen LogP contribution in [-0.2, 0) is 0 Å². The zero-order valence-electron chi connectivity index (χ0n) is 15.9. The van der Waals surface area contributed by atoms with Crippen LogP contribution in [0.5, 0.6) is 0 Å². The van der Waals surface area contributed by atoms with Crippen molar-refractivity contribution in [1.82, 2.24) is 0 Å². The van der Waals surface area contributed by atoms with Crippen molar-refractivity contribution >= 4 is 24.3 Å². The molecule has 0 aliphatic carbocycles. The molecular formula is C28H24. The third kappa shape index (κ3) is 6.59. The smallest absolute Gasteiger partial charge is 0.0184 e. The predicted octanol–water partition coefficient (Wildman–Crippen LogP) is 7.71. The highest BCUT2D eigenvalue weighted by Gasteiger charge is 1.94. The van der Waals surface area contributed by atoms with E-state index in [1.165, 1.54) is 22.3 Å². The van der Waals surface area contributed by atoms with Crippen LogP contribution in [0.15, 0.2) is 121 Å². The summed E-state index contributed by atoms with van der Waals surface area (Å²) < 4.78 is 0. The van der Waals surface area contributed by atoms with Crippen molar-refractivity contribution in [2.24, 2.45) is 0 Å². The number of rotatable bonds is 4. The summed E-state index contributed by atoms with van der Waals surface area (Å²) in [5.41, 5.74) is 4.87. The van der Waals surface area contributed by atoms with Crippen LogP contribution in [0.1, 0.15) is 22.3 Å². The molecule has 0 atom stereocenters. The Morgan fingerprint density at radius 1 is 0.286 bits per heavy atom. The first-order valence-electron chi connectivity index (χ1n) is 9.47. The maximum absolute atomic E-state index is 2.17.